The highest BCUT2D eigenvalue weighted by Crippen LogP contribution is 2.26. The monoisotopic (exact) mass is 446 g/mol. The third-order valence-corrected chi connectivity index (χ3v) is 5.29. The van der Waals surface area contributed by atoms with E-state index in [0.717, 1.165) is 16.6 Å². The fourth-order valence-electron chi connectivity index (χ4n) is 3.10. The minimum atomic E-state index is -0.475. The predicted molar refractivity (Wildman–Crippen MR) is 129 cm³/mol. The van der Waals surface area contributed by atoms with Gasteiger partial charge in [-0.3, -0.25) is 9.59 Å². The van der Waals surface area contributed by atoms with Crippen LogP contribution in [0.1, 0.15) is 31.1 Å². The third kappa shape index (κ3) is 4.65. The molecule has 0 aliphatic rings. The Kier molecular flexibility index (Phi) is 5.72. The molecule has 4 aromatic rings. The van der Waals surface area contributed by atoms with Crippen LogP contribution in [0.15, 0.2) is 66.7 Å². The number of nitrogens with one attached hydrogen (secondary N) is 3. The molecule has 162 valence electrons. The van der Waals surface area contributed by atoms with Crippen LogP contribution < -0.4 is 10.6 Å². The van der Waals surface area contributed by atoms with Gasteiger partial charge in [0, 0.05) is 22.4 Å². The van der Waals surface area contributed by atoms with Gasteiger partial charge in [0.05, 0.1) is 21.6 Å². The molecule has 0 aliphatic heterocycles. The summed E-state index contributed by atoms with van der Waals surface area (Å²) >= 11 is 6.09. The smallest absolute Gasteiger partial charge is 0.257 e. The van der Waals surface area contributed by atoms with Crippen molar-refractivity contribution in [2.75, 3.05) is 10.6 Å². The molecule has 0 unspecified atom stereocenters. The summed E-state index contributed by atoms with van der Waals surface area (Å²) < 4.78 is 0. The molecule has 0 bridgehead atoms. The maximum absolute atomic E-state index is 12.4. The zero-order valence-electron chi connectivity index (χ0n) is 18.0. The van der Waals surface area contributed by atoms with E-state index in [9.17, 15) is 9.59 Å². The van der Waals surface area contributed by atoms with E-state index in [1.165, 1.54) is 0 Å². The van der Waals surface area contributed by atoms with Crippen LogP contribution in [0.4, 0.5) is 11.4 Å². The summed E-state index contributed by atoms with van der Waals surface area (Å²) in [5.41, 5.74) is 3.80. The second-order valence-corrected chi connectivity index (χ2v) is 8.94. The number of hydrogen-bond donors (Lipinski definition) is 3. The van der Waals surface area contributed by atoms with Gasteiger partial charge < -0.3 is 15.6 Å². The zero-order valence-corrected chi connectivity index (χ0v) is 18.7. The molecule has 7 heteroatoms. The third-order valence-electron chi connectivity index (χ3n) is 4.96. The van der Waals surface area contributed by atoms with Gasteiger partial charge >= 0.3 is 0 Å². The standard InChI is InChI=1S/C25H23ClN4O2/c1-25(2,3)24(32)28-17-12-13-20-21(14-17)30-22(29-20)15-8-10-16(11-9-15)27-23(31)18-6-4-5-7-19(18)26/h4-14H,1-3H3,(H,27,31)(H,28,32)(H,29,30). The molecule has 3 aromatic carbocycles. The molecule has 0 saturated heterocycles. The topological polar surface area (TPSA) is 86.9 Å². The first kappa shape index (κ1) is 21.6. The Balaban J connectivity index is 1.51. The summed E-state index contributed by atoms with van der Waals surface area (Å²) in [5, 5.41) is 6.18. The van der Waals surface area contributed by atoms with Gasteiger partial charge in [-0.05, 0) is 54.6 Å². The van der Waals surface area contributed by atoms with Crippen molar-refractivity contribution in [3.8, 4) is 11.4 Å². The molecule has 0 radical (unpaired) electrons. The Bertz CT molecular complexity index is 1300. The molecule has 1 heterocycles. The van der Waals surface area contributed by atoms with Gasteiger partial charge in [-0.2, -0.15) is 0 Å². The maximum Gasteiger partial charge on any atom is 0.257 e. The molecular formula is C25H23ClN4O2. The second-order valence-electron chi connectivity index (χ2n) is 8.53. The molecule has 2 amide bonds. The number of fused-ring (bicyclic) bond motifs is 1. The highest BCUT2D eigenvalue weighted by atomic mass is 35.5. The number of hydrogen-bond acceptors (Lipinski definition) is 3. The van der Waals surface area contributed by atoms with Crippen LogP contribution in [0.25, 0.3) is 22.4 Å². The number of carbonyl (C=O) groups is 2. The number of aromatic amines is 1. The highest BCUT2D eigenvalue weighted by Gasteiger charge is 2.21. The predicted octanol–water partition coefficient (Wildman–Crippen LogP) is 6.12. The van der Waals surface area contributed by atoms with Crippen molar-refractivity contribution in [1.29, 1.82) is 0 Å². The lowest BCUT2D eigenvalue weighted by Gasteiger charge is -2.17. The lowest BCUT2D eigenvalue weighted by Crippen LogP contribution is -2.27. The van der Waals surface area contributed by atoms with Crippen molar-refractivity contribution < 1.29 is 9.59 Å². The second kappa shape index (κ2) is 8.48. The fourth-order valence-corrected chi connectivity index (χ4v) is 3.32. The Morgan fingerprint density at radius 2 is 1.59 bits per heavy atom. The van der Waals surface area contributed by atoms with Crippen molar-refractivity contribution >= 4 is 45.8 Å². The number of imidazole rings is 1. The van der Waals surface area contributed by atoms with E-state index >= 15 is 0 Å². The van der Waals surface area contributed by atoms with E-state index in [-0.39, 0.29) is 11.8 Å². The van der Waals surface area contributed by atoms with Gasteiger partial charge in [0.2, 0.25) is 5.91 Å². The molecule has 0 aliphatic carbocycles. The minimum Gasteiger partial charge on any atom is -0.338 e. The molecule has 4 rings (SSSR count). The molecule has 0 atom stereocenters. The van der Waals surface area contributed by atoms with E-state index in [0.29, 0.717) is 27.8 Å². The van der Waals surface area contributed by atoms with Gasteiger partial charge in [-0.25, -0.2) is 4.98 Å². The van der Waals surface area contributed by atoms with Gasteiger partial charge in [0.1, 0.15) is 5.82 Å². The van der Waals surface area contributed by atoms with Crippen molar-refractivity contribution in [2.24, 2.45) is 5.41 Å². The van der Waals surface area contributed by atoms with Crippen LogP contribution in [0, 0.1) is 5.41 Å². The molecule has 0 saturated carbocycles. The summed E-state index contributed by atoms with van der Waals surface area (Å²) in [7, 11) is 0. The molecule has 1 aromatic heterocycles. The highest BCUT2D eigenvalue weighted by molar-refractivity contribution is 6.34. The van der Waals surface area contributed by atoms with Crippen LogP contribution in [0.2, 0.25) is 5.02 Å². The van der Waals surface area contributed by atoms with Gasteiger partial charge in [-0.1, -0.05) is 44.5 Å². The Morgan fingerprint density at radius 1 is 0.906 bits per heavy atom. The first-order valence-electron chi connectivity index (χ1n) is 10.2. The van der Waals surface area contributed by atoms with Gasteiger partial charge in [0.25, 0.3) is 5.91 Å². The number of H-pyrrole nitrogens is 1. The number of amides is 2. The maximum atomic E-state index is 12.4. The molecule has 32 heavy (non-hydrogen) atoms. The molecule has 6 nitrogen and oxygen atoms in total. The summed E-state index contributed by atoms with van der Waals surface area (Å²) in [6.07, 6.45) is 0. The lowest BCUT2D eigenvalue weighted by molar-refractivity contribution is -0.123. The number of halogens is 1. The normalized spacial score (nSPS) is 11.4. The summed E-state index contributed by atoms with van der Waals surface area (Å²) in [5.74, 6) is 0.381. The lowest BCUT2D eigenvalue weighted by atomic mass is 9.95. The minimum absolute atomic E-state index is 0.0500. The summed E-state index contributed by atoms with van der Waals surface area (Å²) in [4.78, 5) is 32.6. The average Bonchev–Trinajstić information content (AvgIpc) is 3.17. The van der Waals surface area contributed by atoms with Crippen molar-refractivity contribution in [3.63, 3.8) is 0 Å². The number of carbonyl (C=O) groups excluding carboxylic acids is 2. The van der Waals surface area contributed by atoms with Crippen molar-refractivity contribution in [2.45, 2.75) is 20.8 Å². The first-order chi connectivity index (χ1) is 15.2. The molecule has 0 fully saturated rings. The number of benzene rings is 3. The Morgan fingerprint density at radius 3 is 2.28 bits per heavy atom. The van der Waals surface area contributed by atoms with Gasteiger partial charge in [-0.15, -0.1) is 0 Å². The zero-order chi connectivity index (χ0) is 22.9. The van der Waals surface area contributed by atoms with E-state index in [4.69, 9.17) is 11.6 Å². The average molecular weight is 447 g/mol. The van der Waals surface area contributed by atoms with Crippen molar-refractivity contribution in [1.82, 2.24) is 9.97 Å². The van der Waals surface area contributed by atoms with E-state index in [2.05, 4.69) is 20.6 Å². The number of rotatable bonds is 4. The van der Waals surface area contributed by atoms with E-state index in [1.54, 1.807) is 24.3 Å². The van der Waals surface area contributed by atoms with Crippen LogP contribution in [-0.4, -0.2) is 21.8 Å². The number of anilines is 2. The van der Waals surface area contributed by atoms with Gasteiger partial charge in [0.15, 0.2) is 0 Å². The van der Waals surface area contributed by atoms with Crippen LogP contribution in [-0.2, 0) is 4.79 Å². The SMILES string of the molecule is CC(C)(C)C(=O)Nc1ccc2nc(-c3ccc(NC(=O)c4ccccc4Cl)cc3)[nH]c2c1. The largest absolute Gasteiger partial charge is 0.338 e. The van der Waals surface area contributed by atoms with Crippen LogP contribution in [0.5, 0.6) is 0 Å². The van der Waals surface area contributed by atoms with Crippen molar-refractivity contribution in [3.05, 3.63) is 77.3 Å². The Labute approximate surface area is 191 Å². The quantitative estimate of drug-likeness (QED) is 0.353. The summed E-state index contributed by atoms with van der Waals surface area (Å²) in [6, 6.07) is 19.9. The van der Waals surface area contributed by atoms with Crippen LogP contribution in [0.3, 0.4) is 0 Å². The van der Waals surface area contributed by atoms with E-state index < -0.39 is 5.41 Å². The number of nitrogens with zero attached hydrogens (tertiary/aromatic N) is 1. The number of aromatic nitrogens is 2. The molecular weight excluding hydrogens is 424 g/mol. The first-order valence-corrected chi connectivity index (χ1v) is 10.6. The Hall–Kier alpha value is -3.64. The summed E-state index contributed by atoms with van der Waals surface area (Å²) in [6.45, 7) is 5.61. The van der Waals surface area contributed by atoms with E-state index in [1.807, 2.05) is 63.2 Å². The fraction of sp³-hybridized carbons (Fsp3) is 0.160. The van der Waals surface area contributed by atoms with Crippen LogP contribution >= 0.6 is 11.6 Å². The molecule has 0 spiro atoms. The molecule has 3 N–H and O–H groups in total.